The third-order valence-corrected chi connectivity index (χ3v) is 4.83. The highest BCUT2D eigenvalue weighted by Gasteiger charge is 2.42. The van der Waals surface area contributed by atoms with Crippen molar-refractivity contribution in [2.24, 2.45) is 11.8 Å². The van der Waals surface area contributed by atoms with Gasteiger partial charge in [-0.25, -0.2) is 0 Å². The normalized spacial score (nSPS) is 32.5. The lowest BCUT2D eigenvalue weighted by atomic mass is 9.70. The van der Waals surface area contributed by atoms with E-state index in [0.717, 1.165) is 31.3 Å². The smallest absolute Gasteiger partial charge is 0.0470 e. The number of fused-ring (bicyclic) bond motifs is 1. The highest BCUT2D eigenvalue weighted by Crippen LogP contribution is 2.45. The van der Waals surface area contributed by atoms with Gasteiger partial charge in [0, 0.05) is 18.6 Å². The van der Waals surface area contributed by atoms with E-state index in [9.17, 15) is 0 Å². The van der Waals surface area contributed by atoms with Gasteiger partial charge < -0.3 is 0 Å². The van der Waals surface area contributed by atoms with Gasteiger partial charge in [0.1, 0.15) is 0 Å². The zero-order valence-corrected chi connectivity index (χ0v) is 12.2. The van der Waals surface area contributed by atoms with E-state index >= 15 is 0 Å². The topological polar surface area (TPSA) is 3.24 Å². The summed E-state index contributed by atoms with van der Waals surface area (Å²) in [7, 11) is 0. The van der Waals surface area contributed by atoms with E-state index < -0.39 is 0 Å². The van der Waals surface area contributed by atoms with Crippen molar-refractivity contribution < 1.29 is 0 Å². The molecule has 1 aliphatic heterocycles. The monoisotopic (exact) mass is 258 g/mol. The molecule has 105 valence electrons. The number of hydrogen-bond acceptors (Lipinski definition) is 1. The second-order valence-corrected chi connectivity index (χ2v) is 5.99. The van der Waals surface area contributed by atoms with Crippen LogP contribution in [0.5, 0.6) is 0 Å². The van der Waals surface area contributed by atoms with Crippen LogP contribution >= 0.6 is 0 Å². The molecular weight excluding hydrogens is 230 g/mol. The maximum atomic E-state index is 3.96. The van der Waals surface area contributed by atoms with Gasteiger partial charge in [-0.2, -0.15) is 0 Å². The molecule has 3 unspecified atom stereocenters. The summed E-state index contributed by atoms with van der Waals surface area (Å²) in [5, 5.41) is 0. The molecule has 1 nitrogen and oxygen atoms in total. The average molecular weight is 258 g/mol. The fraction of sp³-hybridized carbons (Fsp3) is 0.611. The summed E-state index contributed by atoms with van der Waals surface area (Å²) in [5.74, 6) is 1.56. The Kier molecular flexibility index (Phi) is 5.45. The molecule has 1 radical (unpaired) electrons. The molecule has 1 aliphatic carbocycles. The molecule has 3 atom stereocenters. The first-order valence-corrected chi connectivity index (χ1v) is 7.76. The maximum Gasteiger partial charge on any atom is 0.0470 e. The van der Waals surface area contributed by atoms with Gasteiger partial charge in [-0.1, -0.05) is 31.1 Å². The molecule has 0 N–H and O–H groups in total. The van der Waals surface area contributed by atoms with Crippen molar-refractivity contribution >= 4 is 0 Å². The fourth-order valence-corrected chi connectivity index (χ4v) is 4.08. The lowest BCUT2D eigenvalue weighted by Gasteiger charge is -2.51. The van der Waals surface area contributed by atoms with E-state index in [0.29, 0.717) is 5.92 Å². The van der Waals surface area contributed by atoms with Crippen LogP contribution in [0, 0.1) is 17.9 Å². The van der Waals surface area contributed by atoms with Gasteiger partial charge in [0.2, 0.25) is 0 Å². The molecular formula is C18H28N. The highest BCUT2D eigenvalue weighted by molar-refractivity contribution is 5.11. The summed E-state index contributed by atoms with van der Waals surface area (Å²) >= 11 is 0. The van der Waals surface area contributed by atoms with Crippen LogP contribution < -0.4 is 0 Å². The number of likely N-dealkylation sites (tertiary alicyclic amines) is 1. The Bertz CT molecular complexity index is 320. The van der Waals surface area contributed by atoms with Crippen molar-refractivity contribution in [2.75, 3.05) is 6.54 Å². The van der Waals surface area contributed by atoms with E-state index in [4.69, 9.17) is 0 Å². The Hall–Kier alpha value is -0.820. The molecule has 1 saturated carbocycles. The minimum Gasteiger partial charge on any atom is -0.288 e. The second-order valence-electron chi connectivity index (χ2n) is 5.99. The van der Waals surface area contributed by atoms with Crippen LogP contribution in [-0.2, 0) is 0 Å². The predicted molar refractivity (Wildman–Crippen MR) is 83.6 cm³/mol. The van der Waals surface area contributed by atoms with Gasteiger partial charge in [0.25, 0.3) is 0 Å². The van der Waals surface area contributed by atoms with E-state index in [1.807, 2.05) is 0 Å². The van der Waals surface area contributed by atoms with Crippen LogP contribution in [0.3, 0.4) is 0 Å². The zero-order valence-electron chi connectivity index (χ0n) is 12.2. The van der Waals surface area contributed by atoms with E-state index in [1.54, 1.807) is 6.04 Å². The molecule has 19 heavy (non-hydrogen) atoms. The molecule has 1 heterocycles. The van der Waals surface area contributed by atoms with Crippen LogP contribution in [-0.4, -0.2) is 17.5 Å². The van der Waals surface area contributed by atoms with Crippen molar-refractivity contribution in [1.82, 2.24) is 4.90 Å². The first-order chi connectivity index (χ1) is 9.31. The van der Waals surface area contributed by atoms with Crippen LogP contribution in [0.25, 0.3) is 0 Å². The minimum atomic E-state index is 0.676. The van der Waals surface area contributed by atoms with Gasteiger partial charge in [-0.3, -0.25) is 4.90 Å². The number of nitrogens with zero attached hydrogens (tertiary/aromatic N) is 1. The quantitative estimate of drug-likeness (QED) is 0.622. The average Bonchev–Trinajstić information content (AvgIpc) is 2.43. The molecule has 0 aromatic carbocycles. The SMILES string of the molecule is C=CC[C]1C(CC=C)CC2CCCCC2N1CC=C. The van der Waals surface area contributed by atoms with Crippen molar-refractivity contribution in [3.63, 3.8) is 0 Å². The summed E-state index contributed by atoms with van der Waals surface area (Å²) in [6.45, 7) is 12.9. The predicted octanol–water partition coefficient (Wildman–Crippen LogP) is 4.74. The molecule has 0 spiro atoms. The lowest BCUT2D eigenvalue weighted by Crippen LogP contribution is -2.51. The largest absolute Gasteiger partial charge is 0.288 e. The van der Waals surface area contributed by atoms with Crippen LogP contribution in [0.2, 0.25) is 0 Å². The van der Waals surface area contributed by atoms with Crippen LogP contribution in [0.1, 0.15) is 44.9 Å². The van der Waals surface area contributed by atoms with E-state index in [2.05, 4.69) is 42.9 Å². The van der Waals surface area contributed by atoms with Gasteiger partial charge in [-0.05, 0) is 43.9 Å². The number of piperidine rings is 1. The third-order valence-electron chi connectivity index (χ3n) is 4.83. The van der Waals surface area contributed by atoms with Crippen molar-refractivity contribution in [1.29, 1.82) is 0 Å². The zero-order chi connectivity index (χ0) is 13.7. The van der Waals surface area contributed by atoms with Gasteiger partial charge >= 0.3 is 0 Å². The van der Waals surface area contributed by atoms with E-state index in [1.165, 1.54) is 32.1 Å². The lowest BCUT2D eigenvalue weighted by molar-refractivity contribution is 0.0405. The van der Waals surface area contributed by atoms with Gasteiger partial charge in [-0.15, -0.1) is 19.7 Å². The third kappa shape index (κ3) is 3.20. The Balaban J connectivity index is 2.19. The molecule has 0 bridgehead atoms. The molecule has 2 rings (SSSR count). The Labute approximate surface area is 119 Å². The van der Waals surface area contributed by atoms with Crippen molar-refractivity contribution in [3.05, 3.63) is 44.0 Å². The molecule has 1 heteroatoms. The van der Waals surface area contributed by atoms with Crippen molar-refractivity contribution in [3.8, 4) is 0 Å². The van der Waals surface area contributed by atoms with Crippen molar-refractivity contribution in [2.45, 2.75) is 51.0 Å². The van der Waals surface area contributed by atoms with Crippen LogP contribution in [0.15, 0.2) is 38.0 Å². The number of allylic oxidation sites excluding steroid dienone is 1. The molecule has 0 aromatic rings. The molecule has 2 fully saturated rings. The Morgan fingerprint density at radius 3 is 2.53 bits per heavy atom. The maximum absolute atomic E-state index is 3.96. The first kappa shape index (κ1) is 14.6. The molecule has 2 aliphatic rings. The Morgan fingerprint density at radius 2 is 1.84 bits per heavy atom. The Morgan fingerprint density at radius 1 is 1.05 bits per heavy atom. The first-order valence-electron chi connectivity index (χ1n) is 7.76. The highest BCUT2D eigenvalue weighted by atomic mass is 15.2. The molecule has 0 amide bonds. The summed E-state index contributed by atoms with van der Waals surface area (Å²) in [4.78, 5) is 2.65. The summed E-state index contributed by atoms with van der Waals surface area (Å²) in [6, 6.07) is 2.33. The standard InChI is InChI=1S/C18H28N/c1-4-9-15-14-16-11-7-8-12-18(16)19(13-6-3)17(15)10-5-2/h4-6,15-16,18H,1-3,7-14H2. The number of hydrogen-bond donors (Lipinski definition) is 0. The van der Waals surface area contributed by atoms with E-state index in [-0.39, 0.29) is 0 Å². The number of rotatable bonds is 6. The molecule has 1 saturated heterocycles. The summed E-state index contributed by atoms with van der Waals surface area (Å²) < 4.78 is 0. The fourth-order valence-electron chi connectivity index (χ4n) is 4.08. The van der Waals surface area contributed by atoms with Gasteiger partial charge in [0.05, 0.1) is 0 Å². The summed E-state index contributed by atoms with van der Waals surface area (Å²) in [6.07, 6.45) is 15.3. The van der Waals surface area contributed by atoms with Crippen LogP contribution in [0.4, 0.5) is 0 Å². The second kappa shape index (κ2) is 7.09. The minimum absolute atomic E-state index is 0.676. The molecule has 0 aromatic heterocycles. The summed E-state index contributed by atoms with van der Waals surface area (Å²) in [5.41, 5.74) is 0. The van der Waals surface area contributed by atoms with Gasteiger partial charge in [0.15, 0.2) is 0 Å².